The van der Waals surface area contributed by atoms with Gasteiger partial charge in [0.1, 0.15) is 5.75 Å². The van der Waals surface area contributed by atoms with Crippen LogP contribution in [0.3, 0.4) is 0 Å². The van der Waals surface area contributed by atoms with Gasteiger partial charge in [-0.2, -0.15) is 0 Å². The molecule has 3 heteroatoms. The molecule has 3 nitrogen and oxygen atoms in total. The smallest absolute Gasteiger partial charge is 0.120 e. The van der Waals surface area contributed by atoms with E-state index in [1.807, 2.05) is 19.2 Å². The van der Waals surface area contributed by atoms with E-state index in [0.29, 0.717) is 11.8 Å². The van der Waals surface area contributed by atoms with E-state index >= 15 is 0 Å². The third-order valence-electron chi connectivity index (χ3n) is 4.57. The Bertz CT molecular complexity index is 400. The molecule has 1 aromatic rings. The van der Waals surface area contributed by atoms with Gasteiger partial charge in [-0.3, -0.25) is 4.90 Å². The average Bonchev–Trinajstić information content (AvgIpc) is 2.49. The number of piperidine rings is 1. The van der Waals surface area contributed by atoms with Gasteiger partial charge in [0.05, 0.1) is 0 Å². The number of benzene rings is 1. The molecule has 0 amide bonds. The van der Waals surface area contributed by atoms with Gasteiger partial charge in [-0.25, -0.2) is 0 Å². The van der Waals surface area contributed by atoms with Crippen molar-refractivity contribution in [3.63, 3.8) is 0 Å². The van der Waals surface area contributed by atoms with Crippen molar-refractivity contribution < 1.29 is 5.11 Å². The van der Waals surface area contributed by atoms with Gasteiger partial charge in [0.25, 0.3) is 0 Å². The summed E-state index contributed by atoms with van der Waals surface area (Å²) in [5, 5.41) is 13.3. The van der Waals surface area contributed by atoms with Crippen molar-refractivity contribution in [2.24, 2.45) is 5.92 Å². The fourth-order valence-corrected chi connectivity index (χ4v) is 3.35. The maximum atomic E-state index is 10.1. The summed E-state index contributed by atoms with van der Waals surface area (Å²) in [6, 6.07) is 8.16. The van der Waals surface area contributed by atoms with Crippen LogP contribution in [0.4, 0.5) is 0 Å². The summed E-state index contributed by atoms with van der Waals surface area (Å²) < 4.78 is 0. The Labute approximate surface area is 123 Å². The highest BCUT2D eigenvalue weighted by atomic mass is 16.3. The Morgan fingerprint density at radius 3 is 2.60 bits per heavy atom. The second-order valence-electron chi connectivity index (χ2n) is 5.85. The summed E-state index contributed by atoms with van der Waals surface area (Å²) in [4.78, 5) is 2.55. The maximum absolute atomic E-state index is 10.1. The molecule has 2 N–H and O–H groups in total. The minimum absolute atomic E-state index is 0.362. The van der Waals surface area contributed by atoms with Crippen molar-refractivity contribution in [1.82, 2.24) is 10.2 Å². The number of rotatable bonds is 6. The first-order valence-electron chi connectivity index (χ1n) is 7.92. The molecule has 1 saturated heterocycles. The topological polar surface area (TPSA) is 35.5 Å². The molecule has 0 spiro atoms. The normalized spacial score (nSPS) is 19.1. The average molecular weight is 276 g/mol. The van der Waals surface area contributed by atoms with Crippen LogP contribution in [-0.4, -0.2) is 36.7 Å². The minimum Gasteiger partial charge on any atom is -0.508 e. The Balaban J connectivity index is 1.95. The molecule has 1 aromatic carbocycles. The van der Waals surface area contributed by atoms with Crippen LogP contribution in [0.1, 0.15) is 44.2 Å². The van der Waals surface area contributed by atoms with Gasteiger partial charge in [0.15, 0.2) is 0 Å². The lowest BCUT2D eigenvalue weighted by Crippen LogP contribution is -2.37. The van der Waals surface area contributed by atoms with Crippen LogP contribution in [0.25, 0.3) is 0 Å². The van der Waals surface area contributed by atoms with E-state index < -0.39 is 0 Å². The van der Waals surface area contributed by atoms with Crippen LogP contribution >= 0.6 is 0 Å². The van der Waals surface area contributed by atoms with E-state index in [0.717, 1.165) is 37.5 Å². The van der Waals surface area contributed by atoms with Crippen LogP contribution in [-0.2, 0) is 0 Å². The monoisotopic (exact) mass is 276 g/mol. The summed E-state index contributed by atoms with van der Waals surface area (Å²) in [6.45, 7) is 5.65. The standard InChI is InChI=1S/C17H28N2O/c1-3-16(15-6-4-5-7-17(15)20)19-12-9-14(10-13-19)8-11-18-2/h4-7,14,16,18,20H,3,8-13H2,1-2H3. The first-order chi connectivity index (χ1) is 9.76. The second-order valence-corrected chi connectivity index (χ2v) is 5.85. The van der Waals surface area contributed by atoms with E-state index in [1.165, 1.54) is 19.3 Å². The molecule has 0 bridgehead atoms. The summed E-state index contributed by atoms with van der Waals surface area (Å²) in [5.41, 5.74) is 1.09. The van der Waals surface area contributed by atoms with Crippen LogP contribution in [0.2, 0.25) is 0 Å². The summed E-state index contributed by atoms with van der Waals surface area (Å²) in [5.74, 6) is 1.30. The van der Waals surface area contributed by atoms with Gasteiger partial charge in [-0.15, -0.1) is 0 Å². The maximum Gasteiger partial charge on any atom is 0.120 e. The zero-order chi connectivity index (χ0) is 14.4. The van der Waals surface area contributed by atoms with Gasteiger partial charge in [-0.1, -0.05) is 25.1 Å². The fourth-order valence-electron chi connectivity index (χ4n) is 3.35. The molecule has 1 heterocycles. The SMILES string of the molecule is CCC(c1ccccc1O)N1CCC(CCNC)CC1. The van der Waals surface area contributed by atoms with Crippen molar-refractivity contribution in [2.45, 2.75) is 38.6 Å². The van der Waals surface area contributed by atoms with E-state index in [9.17, 15) is 5.11 Å². The first-order valence-corrected chi connectivity index (χ1v) is 7.92. The number of para-hydroxylation sites is 1. The van der Waals surface area contributed by atoms with E-state index in [1.54, 1.807) is 6.07 Å². The Kier molecular flexibility index (Phi) is 5.86. The van der Waals surface area contributed by atoms with Crippen LogP contribution in [0, 0.1) is 5.92 Å². The molecule has 1 aliphatic heterocycles. The Hall–Kier alpha value is -1.06. The van der Waals surface area contributed by atoms with Crippen LogP contribution in [0.5, 0.6) is 5.75 Å². The van der Waals surface area contributed by atoms with Crippen molar-refractivity contribution in [3.05, 3.63) is 29.8 Å². The van der Waals surface area contributed by atoms with Gasteiger partial charge in [-0.05, 0) is 64.3 Å². The molecule has 0 saturated carbocycles. The highest BCUT2D eigenvalue weighted by molar-refractivity contribution is 5.34. The van der Waals surface area contributed by atoms with Crippen LogP contribution < -0.4 is 5.32 Å². The zero-order valence-electron chi connectivity index (χ0n) is 12.8. The molecule has 1 unspecified atom stereocenters. The lowest BCUT2D eigenvalue weighted by atomic mass is 9.91. The molecule has 0 aromatic heterocycles. The van der Waals surface area contributed by atoms with Gasteiger partial charge in [0, 0.05) is 11.6 Å². The molecule has 1 aliphatic rings. The van der Waals surface area contributed by atoms with E-state index in [4.69, 9.17) is 0 Å². The largest absolute Gasteiger partial charge is 0.508 e. The molecule has 0 radical (unpaired) electrons. The highest BCUT2D eigenvalue weighted by Gasteiger charge is 2.26. The number of hydrogen-bond acceptors (Lipinski definition) is 3. The highest BCUT2D eigenvalue weighted by Crippen LogP contribution is 2.34. The Morgan fingerprint density at radius 2 is 2.00 bits per heavy atom. The fraction of sp³-hybridized carbons (Fsp3) is 0.647. The zero-order valence-corrected chi connectivity index (χ0v) is 12.8. The molecule has 0 aliphatic carbocycles. The molecular weight excluding hydrogens is 248 g/mol. The predicted molar refractivity (Wildman–Crippen MR) is 84.0 cm³/mol. The first kappa shape index (κ1) is 15.3. The number of aromatic hydroxyl groups is 1. The van der Waals surface area contributed by atoms with Gasteiger partial charge >= 0.3 is 0 Å². The molecular formula is C17H28N2O. The molecule has 112 valence electrons. The van der Waals surface area contributed by atoms with E-state index in [-0.39, 0.29) is 0 Å². The number of nitrogens with zero attached hydrogens (tertiary/aromatic N) is 1. The predicted octanol–water partition coefficient (Wildman–Crippen LogP) is 3.16. The molecule has 1 atom stereocenters. The quantitative estimate of drug-likeness (QED) is 0.838. The second kappa shape index (κ2) is 7.65. The summed E-state index contributed by atoms with van der Waals surface area (Å²) in [7, 11) is 2.03. The number of likely N-dealkylation sites (tertiary alicyclic amines) is 1. The van der Waals surface area contributed by atoms with Crippen LogP contribution in [0.15, 0.2) is 24.3 Å². The lowest BCUT2D eigenvalue weighted by molar-refractivity contribution is 0.124. The van der Waals surface area contributed by atoms with Crippen molar-refractivity contribution in [2.75, 3.05) is 26.7 Å². The number of phenolic OH excluding ortho intramolecular Hbond substituents is 1. The number of phenols is 1. The lowest BCUT2D eigenvalue weighted by Gasteiger charge is -2.37. The van der Waals surface area contributed by atoms with Crippen molar-refractivity contribution >= 4 is 0 Å². The Morgan fingerprint density at radius 1 is 1.30 bits per heavy atom. The number of nitrogens with one attached hydrogen (secondary N) is 1. The summed E-state index contributed by atoms with van der Waals surface area (Å²) >= 11 is 0. The van der Waals surface area contributed by atoms with Gasteiger partial charge < -0.3 is 10.4 Å². The minimum atomic E-state index is 0.362. The molecule has 20 heavy (non-hydrogen) atoms. The summed E-state index contributed by atoms with van der Waals surface area (Å²) in [6.07, 6.45) is 4.91. The third-order valence-corrected chi connectivity index (χ3v) is 4.57. The van der Waals surface area contributed by atoms with Crippen molar-refractivity contribution in [1.29, 1.82) is 0 Å². The molecule has 1 fully saturated rings. The van der Waals surface area contributed by atoms with Crippen molar-refractivity contribution in [3.8, 4) is 5.75 Å². The molecule has 2 rings (SSSR count). The van der Waals surface area contributed by atoms with Gasteiger partial charge in [0.2, 0.25) is 0 Å². The number of hydrogen-bond donors (Lipinski definition) is 2. The van der Waals surface area contributed by atoms with E-state index in [2.05, 4.69) is 23.2 Å². The third kappa shape index (κ3) is 3.74.